The molecular formula is C8H7IN2O2. The van der Waals surface area contributed by atoms with Crippen LogP contribution in [-0.2, 0) is 4.74 Å². The van der Waals surface area contributed by atoms with Crippen molar-refractivity contribution in [2.75, 3.05) is 12.5 Å². The number of halogens is 1. The number of fused-ring (bicyclic) bond motifs is 1. The van der Waals surface area contributed by atoms with E-state index < -0.39 is 0 Å². The van der Waals surface area contributed by atoms with Gasteiger partial charge in [0, 0.05) is 0 Å². The molecule has 1 aromatic rings. The first-order valence-electron chi connectivity index (χ1n) is 3.64. The van der Waals surface area contributed by atoms with Crippen molar-refractivity contribution in [3.05, 3.63) is 27.3 Å². The molecule has 2 rings (SSSR count). The number of esters is 1. The van der Waals surface area contributed by atoms with E-state index >= 15 is 0 Å². The summed E-state index contributed by atoms with van der Waals surface area (Å²) in [6.07, 6.45) is 0. The molecule has 1 aliphatic rings. The van der Waals surface area contributed by atoms with E-state index in [2.05, 4.69) is 13.4 Å². The Kier molecular flexibility index (Phi) is 2.26. The van der Waals surface area contributed by atoms with Crippen molar-refractivity contribution in [1.29, 1.82) is 0 Å². The Labute approximate surface area is 85.4 Å². The van der Waals surface area contributed by atoms with E-state index in [0.29, 0.717) is 5.56 Å². The van der Waals surface area contributed by atoms with Crippen LogP contribution in [0.15, 0.2) is 21.5 Å². The molecule has 1 N–H and O–H groups in total. The van der Waals surface area contributed by atoms with Gasteiger partial charge in [0.15, 0.2) is 0 Å². The maximum atomic E-state index is 11.2. The summed E-state index contributed by atoms with van der Waals surface area (Å²) in [4.78, 5) is 11.2. The standard InChI is InChI=1S/C8H7IN2O2/c1-13-8(12)5-2-3-7-6(4-5)9-11-10-7/h2-4,10H,1H3. The fraction of sp³-hybridized carbons (Fsp3) is 0.125. The molecular weight excluding hydrogens is 283 g/mol. The van der Waals surface area contributed by atoms with Crippen molar-refractivity contribution < 1.29 is 9.53 Å². The molecule has 0 saturated carbocycles. The average Bonchev–Trinajstić information content (AvgIpc) is 2.63. The van der Waals surface area contributed by atoms with Gasteiger partial charge in [0.05, 0.1) is 43.0 Å². The van der Waals surface area contributed by atoms with Gasteiger partial charge >= 0.3 is 5.97 Å². The minimum Gasteiger partial charge on any atom is -0.465 e. The molecule has 0 bridgehead atoms. The molecule has 1 aliphatic heterocycles. The third-order valence-electron chi connectivity index (χ3n) is 1.69. The maximum Gasteiger partial charge on any atom is 0.337 e. The zero-order valence-corrected chi connectivity index (χ0v) is 9.03. The van der Waals surface area contributed by atoms with Gasteiger partial charge in [-0.1, -0.05) is 0 Å². The first-order chi connectivity index (χ1) is 6.31. The number of benzene rings is 1. The van der Waals surface area contributed by atoms with Gasteiger partial charge in [-0.05, 0) is 18.2 Å². The third-order valence-corrected chi connectivity index (χ3v) is 3.58. The highest BCUT2D eigenvalue weighted by molar-refractivity contribution is 14.2. The maximum absolute atomic E-state index is 11.2. The number of methoxy groups -OCH3 is 1. The zero-order chi connectivity index (χ0) is 9.26. The van der Waals surface area contributed by atoms with Gasteiger partial charge in [0.1, 0.15) is 0 Å². The highest BCUT2D eigenvalue weighted by Gasteiger charge is 2.11. The molecule has 0 amide bonds. The minimum atomic E-state index is -0.319. The fourth-order valence-corrected chi connectivity index (χ4v) is 2.71. The highest BCUT2D eigenvalue weighted by Crippen LogP contribution is 2.30. The summed E-state index contributed by atoms with van der Waals surface area (Å²) in [5.74, 6) is -0.293. The van der Waals surface area contributed by atoms with E-state index in [9.17, 15) is 4.79 Å². The molecule has 0 fully saturated rings. The number of hydrogen-bond acceptors (Lipinski definition) is 4. The van der Waals surface area contributed by atoms with Gasteiger partial charge in [-0.2, -0.15) is 0 Å². The van der Waals surface area contributed by atoms with Crippen LogP contribution < -0.4 is 5.43 Å². The van der Waals surface area contributed by atoms with Crippen LogP contribution in [-0.4, -0.2) is 13.1 Å². The predicted molar refractivity (Wildman–Crippen MR) is 56.5 cm³/mol. The number of nitrogens with one attached hydrogen (secondary N) is 1. The number of anilines is 1. The molecule has 4 nitrogen and oxygen atoms in total. The molecule has 0 radical (unpaired) electrons. The van der Waals surface area contributed by atoms with Gasteiger partial charge < -0.3 is 4.74 Å². The smallest absolute Gasteiger partial charge is 0.337 e. The first-order valence-corrected chi connectivity index (χ1v) is 5.68. The molecule has 0 aliphatic carbocycles. The third kappa shape index (κ3) is 1.55. The quantitative estimate of drug-likeness (QED) is 0.637. The lowest BCUT2D eigenvalue weighted by atomic mass is 10.2. The van der Waals surface area contributed by atoms with Crippen LogP contribution in [0.1, 0.15) is 10.4 Å². The molecule has 0 aromatic heterocycles. The monoisotopic (exact) mass is 290 g/mol. The second kappa shape index (κ2) is 3.41. The van der Waals surface area contributed by atoms with Crippen molar-refractivity contribution in [1.82, 2.24) is 0 Å². The zero-order valence-electron chi connectivity index (χ0n) is 6.87. The van der Waals surface area contributed by atoms with Crippen LogP contribution in [0.25, 0.3) is 0 Å². The van der Waals surface area contributed by atoms with Gasteiger partial charge in [0.25, 0.3) is 0 Å². The largest absolute Gasteiger partial charge is 0.465 e. The Hall–Kier alpha value is -0.980. The fourth-order valence-electron chi connectivity index (χ4n) is 1.03. The molecule has 5 heteroatoms. The molecule has 13 heavy (non-hydrogen) atoms. The lowest BCUT2D eigenvalue weighted by molar-refractivity contribution is 0.0600. The van der Waals surface area contributed by atoms with E-state index in [1.54, 1.807) is 6.07 Å². The van der Waals surface area contributed by atoms with Gasteiger partial charge in [-0.3, -0.25) is 5.43 Å². The minimum absolute atomic E-state index is 0.293. The molecule has 0 spiro atoms. The summed E-state index contributed by atoms with van der Waals surface area (Å²) >= 11 is -0.319. The van der Waals surface area contributed by atoms with Gasteiger partial charge in [-0.25, -0.2) is 4.79 Å². The Bertz CT molecular complexity index is 390. The van der Waals surface area contributed by atoms with E-state index in [1.807, 2.05) is 12.1 Å². The number of hydrogen-bond donors (Lipinski definition) is 1. The second-order valence-corrected chi connectivity index (χ2v) is 4.59. The molecule has 0 unspecified atom stereocenters. The number of rotatable bonds is 1. The van der Waals surface area contributed by atoms with Gasteiger partial charge in [0.2, 0.25) is 0 Å². The van der Waals surface area contributed by atoms with Crippen LogP contribution in [0.4, 0.5) is 5.69 Å². The lowest BCUT2D eigenvalue weighted by Gasteiger charge is -2.00. The summed E-state index contributed by atoms with van der Waals surface area (Å²) < 4.78 is 9.84. The number of ether oxygens (including phenoxy) is 1. The Morgan fingerprint density at radius 1 is 1.62 bits per heavy atom. The van der Waals surface area contributed by atoms with E-state index in [4.69, 9.17) is 0 Å². The predicted octanol–water partition coefficient (Wildman–Crippen LogP) is 2.14. The number of nitrogens with zero attached hydrogens (tertiary/aromatic N) is 1. The van der Waals surface area contributed by atoms with Crippen LogP contribution in [0.5, 0.6) is 0 Å². The molecule has 0 saturated heterocycles. The van der Waals surface area contributed by atoms with E-state index in [-0.39, 0.29) is 27.0 Å². The lowest BCUT2D eigenvalue weighted by Crippen LogP contribution is -2.01. The van der Waals surface area contributed by atoms with E-state index in [0.717, 1.165) is 9.26 Å². The van der Waals surface area contributed by atoms with Crippen molar-refractivity contribution in [2.24, 2.45) is 3.25 Å². The van der Waals surface area contributed by atoms with Crippen LogP contribution in [0.3, 0.4) is 0 Å². The van der Waals surface area contributed by atoms with Crippen molar-refractivity contribution in [3.63, 3.8) is 0 Å². The van der Waals surface area contributed by atoms with Gasteiger partial charge in [-0.15, -0.1) is 3.25 Å². The van der Waals surface area contributed by atoms with Crippen molar-refractivity contribution >= 4 is 32.7 Å². The second-order valence-electron chi connectivity index (χ2n) is 2.47. The SMILES string of the molecule is COC(=O)c1ccc2c(c1)I=NN2. The summed E-state index contributed by atoms with van der Waals surface area (Å²) in [6.45, 7) is 0. The first kappa shape index (κ1) is 8.61. The number of carbonyl (C=O) groups is 1. The van der Waals surface area contributed by atoms with Crippen LogP contribution in [0.2, 0.25) is 0 Å². The van der Waals surface area contributed by atoms with Crippen molar-refractivity contribution in [3.8, 4) is 0 Å². The molecule has 68 valence electrons. The summed E-state index contributed by atoms with van der Waals surface area (Å²) in [5, 5.41) is 0. The van der Waals surface area contributed by atoms with Crippen molar-refractivity contribution in [2.45, 2.75) is 0 Å². The summed E-state index contributed by atoms with van der Waals surface area (Å²) in [5.41, 5.74) is 4.52. The van der Waals surface area contributed by atoms with Crippen LogP contribution in [0, 0.1) is 3.57 Å². The Morgan fingerprint density at radius 3 is 3.23 bits per heavy atom. The summed E-state index contributed by atoms with van der Waals surface area (Å²) in [6, 6.07) is 5.44. The average molecular weight is 290 g/mol. The normalized spacial score (nSPS) is 12.7. The molecule has 1 heterocycles. The van der Waals surface area contributed by atoms with Crippen LogP contribution >= 0.6 is 21.0 Å². The molecule has 0 atom stereocenters. The Morgan fingerprint density at radius 2 is 2.46 bits per heavy atom. The summed E-state index contributed by atoms with van der Waals surface area (Å²) in [7, 11) is 1.38. The highest BCUT2D eigenvalue weighted by atomic mass is 127. The Balaban J connectivity index is 2.40. The topological polar surface area (TPSA) is 50.7 Å². The van der Waals surface area contributed by atoms with E-state index in [1.165, 1.54) is 7.11 Å². The number of carbonyl (C=O) groups excluding carboxylic acids is 1. The molecule has 1 aromatic carbocycles.